The first-order valence-electron chi connectivity index (χ1n) is 8.63. The van der Waals surface area contributed by atoms with Crippen molar-refractivity contribution in [1.82, 2.24) is 5.32 Å². The van der Waals surface area contributed by atoms with Crippen molar-refractivity contribution in [3.05, 3.63) is 41.7 Å². The van der Waals surface area contributed by atoms with E-state index >= 15 is 0 Å². The molecule has 1 aromatic rings. The van der Waals surface area contributed by atoms with Gasteiger partial charge in [-0.1, -0.05) is 0 Å². The molecule has 0 bridgehead atoms. The van der Waals surface area contributed by atoms with E-state index < -0.39 is 66.4 Å². The van der Waals surface area contributed by atoms with Crippen LogP contribution in [0, 0.1) is 0 Å². The second kappa shape index (κ2) is 9.32. The first-order valence-corrected chi connectivity index (χ1v) is 8.63. The quantitative estimate of drug-likeness (QED) is 0.404. The molecule has 0 saturated heterocycles. The third-order valence-corrected chi connectivity index (χ3v) is 4.22. The second-order valence-corrected chi connectivity index (χ2v) is 6.53. The molecule has 5 N–H and O–H groups in total. The Labute approximate surface area is 168 Å². The Morgan fingerprint density at radius 1 is 1.23 bits per heavy atom. The average molecular weight is 435 g/mol. The van der Waals surface area contributed by atoms with Crippen LogP contribution < -0.4 is 10.1 Å². The maximum absolute atomic E-state index is 12.6. The highest BCUT2D eigenvalue weighted by Crippen LogP contribution is 2.30. The van der Waals surface area contributed by atoms with Gasteiger partial charge in [-0.3, -0.25) is 4.79 Å². The zero-order valence-electron chi connectivity index (χ0n) is 15.5. The van der Waals surface area contributed by atoms with Crippen molar-refractivity contribution in [1.29, 1.82) is 0 Å². The number of alkyl halides is 3. The molecule has 12 heteroatoms. The van der Waals surface area contributed by atoms with Gasteiger partial charge in [0.05, 0.1) is 11.6 Å². The number of carbonyl (C=O) groups excluding carboxylic acids is 1. The van der Waals surface area contributed by atoms with Crippen LogP contribution in [0.2, 0.25) is 0 Å². The maximum Gasteiger partial charge on any atom is 0.416 e. The molecule has 0 fully saturated rings. The molecule has 1 amide bonds. The number of carboxylic acids is 1. The monoisotopic (exact) mass is 435 g/mol. The van der Waals surface area contributed by atoms with Gasteiger partial charge in [0.15, 0.2) is 6.10 Å². The van der Waals surface area contributed by atoms with Crippen molar-refractivity contribution in [2.24, 2.45) is 0 Å². The Kier molecular flexibility index (Phi) is 7.29. The molecule has 2 rings (SSSR count). The van der Waals surface area contributed by atoms with Gasteiger partial charge >= 0.3 is 12.1 Å². The number of ether oxygens (including phenoxy) is 2. The number of hydrogen-bond donors (Lipinski definition) is 5. The highest BCUT2D eigenvalue weighted by atomic mass is 19.4. The van der Waals surface area contributed by atoms with E-state index in [0.717, 1.165) is 37.3 Å². The molecule has 9 nitrogen and oxygen atoms in total. The second-order valence-electron chi connectivity index (χ2n) is 6.53. The number of amides is 1. The lowest BCUT2D eigenvalue weighted by molar-refractivity contribution is -0.149. The van der Waals surface area contributed by atoms with Gasteiger partial charge in [0.25, 0.3) is 0 Å². The highest BCUT2D eigenvalue weighted by Gasteiger charge is 2.43. The van der Waals surface area contributed by atoms with Crippen LogP contribution in [0.25, 0.3) is 0 Å². The maximum atomic E-state index is 12.6. The van der Waals surface area contributed by atoms with Gasteiger partial charge < -0.3 is 35.2 Å². The summed E-state index contributed by atoms with van der Waals surface area (Å²) >= 11 is 0. The van der Waals surface area contributed by atoms with Crippen molar-refractivity contribution in [3.8, 4) is 5.75 Å². The number of nitrogens with one attached hydrogen (secondary N) is 1. The predicted molar refractivity (Wildman–Crippen MR) is 93.2 cm³/mol. The minimum Gasteiger partial charge on any atom is -0.491 e. The first-order chi connectivity index (χ1) is 13.9. The van der Waals surface area contributed by atoms with Gasteiger partial charge in [0, 0.05) is 6.92 Å². The van der Waals surface area contributed by atoms with Crippen LogP contribution >= 0.6 is 0 Å². The minimum absolute atomic E-state index is 0.0246. The Balaban J connectivity index is 2.08. The molecule has 0 aliphatic carbocycles. The number of benzene rings is 1. The summed E-state index contributed by atoms with van der Waals surface area (Å²) in [6.07, 6.45) is -10.3. The van der Waals surface area contributed by atoms with Gasteiger partial charge in [0.2, 0.25) is 11.7 Å². The summed E-state index contributed by atoms with van der Waals surface area (Å²) in [5.74, 6) is -2.86. The summed E-state index contributed by atoms with van der Waals surface area (Å²) in [5.41, 5.74) is -0.897. The minimum atomic E-state index is -4.53. The molecule has 1 aliphatic rings. The van der Waals surface area contributed by atoms with Crippen LogP contribution in [0.15, 0.2) is 36.1 Å². The van der Waals surface area contributed by atoms with Crippen molar-refractivity contribution in [2.45, 2.75) is 43.6 Å². The molecule has 166 valence electrons. The summed E-state index contributed by atoms with van der Waals surface area (Å²) in [6.45, 7) is 0.526. The van der Waals surface area contributed by atoms with Crippen LogP contribution in [0.4, 0.5) is 13.2 Å². The molecular formula is C18H20F3NO8. The summed E-state index contributed by atoms with van der Waals surface area (Å²) in [6, 6.07) is 2.31. The molecule has 30 heavy (non-hydrogen) atoms. The van der Waals surface area contributed by atoms with Crippen molar-refractivity contribution in [2.75, 3.05) is 6.61 Å². The Morgan fingerprint density at radius 2 is 1.83 bits per heavy atom. The van der Waals surface area contributed by atoms with E-state index in [1.54, 1.807) is 0 Å². The first kappa shape index (κ1) is 23.4. The Bertz CT molecular complexity index is 796. The van der Waals surface area contributed by atoms with Gasteiger partial charge in [-0.25, -0.2) is 4.79 Å². The predicted octanol–water partition coefficient (Wildman–Crippen LogP) is 0.0389. The SMILES string of the molecule is CC(=O)N[C@H]1[C@H]([C@H](O)[C@H](O)COc2ccc(C(F)(F)F)cc2)OC(C(=O)O)=C[C@@H]1O. The van der Waals surface area contributed by atoms with Crippen LogP contribution in [0.3, 0.4) is 0 Å². The van der Waals surface area contributed by atoms with Crippen molar-refractivity contribution < 1.29 is 52.7 Å². The van der Waals surface area contributed by atoms with Crippen LogP contribution in [-0.2, 0) is 20.5 Å². The van der Waals surface area contributed by atoms with Crippen LogP contribution in [0.1, 0.15) is 12.5 Å². The van der Waals surface area contributed by atoms with Crippen molar-refractivity contribution in [3.63, 3.8) is 0 Å². The molecule has 0 spiro atoms. The van der Waals surface area contributed by atoms with E-state index in [4.69, 9.17) is 14.6 Å². The topological polar surface area (TPSA) is 146 Å². The molecule has 0 saturated carbocycles. The summed E-state index contributed by atoms with van der Waals surface area (Å²) in [7, 11) is 0. The van der Waals surface area contributed by atoms with E-state index in [0.29, 0.717) is 0 Å². The summed E-state index contributed by atoms with van der Waals surface area (Å²) in [5, 5.41) is 42.0. The number of hydrogen-bond acceptors (Lipinski definition) is 7. The number of aliphatic hydroxyl groups excluding tert-OH is 3. The van der Waals surface area contributed by atoms with E-state index in [1.807, 2.05) is 0 Å². The molecule has 1 aromatic carbocycles. The van der Waals surface area contributed by atoms with Crippen LogP contribution in [-0.4, -0.2) is 69.4 Å². The van der Waals surface area contributed by atoms with Crippen LogP contribution in [0.5, 0.6) is 5.75 Å². The average Bonchev–Trinajstić information content (AvgIpc) is 2.66. The molecule has 5 atom stereocenters. The molecule has 0 unspecified atom stereocenters. The molecule has 1 heterocycles. The summed E-state index contributed by atoms with van der Waals surface area (Å²) in [4.78, 5) is 22.5. The fourth-order valence-corrected chi connectivity index (χ4v) is 2.76. The zero-order chi connectivity index (χ0) is 22.6. The molecule has 0 radical (unpaired) electrons. The fraction of sp³-hybridized carbons (Fsp3) is 0.444. The lowest BCUT2D eigenvalue weighted by atomic mass is 9.94. The van der Waals surface area contributed by atoms with E-state index in [1.165, 1.54) is 0 Å². The highest BCUT2D eigenvalue weighted by molar-refractivity contribution is 5.84. The molecule has 1 aliphatic heterocycles. The number of aliphatic hydroxyl groups is 3. The standard InChI is InChI=1S/C18H20F3NO8/c1-8(23)22-14-11(24)6-13(17(27)28)30-16(14)15(26)12(25)7-29-10-4-2-9(3-5-10)18(19,20)21/h2-6,11-12,14-16,24-26H,7H2,1H3,(H,22,23)(H,27,28)/t11-,12+,14+,15+,16+/m0/s1. The third-order valence-electron chi connectivity index (χ3n) is 4.22. The van der Waals surface area contributed by atoms with E-state index in [-0.39, 0.29) is 5.75 Å². The Morgan fingerprint density at radius 3 is 2.33 bits per heavy atom. The fourth-order valence-electron chi connectivity index (χ4n) is 2.76. The zero-order valence-corrected chi connectivity index (χ0v) is 15.5. The smallest absolute Gasteiger partial charge is 0.416 e. The van der Waals surface area contributed by atoms with Gasteiger partial charge in [-0.15, -0.1) is 0 Å². The normalized spacial score (nSPS) is 23.6. The van der Waals surface area contributed by atoms with Gasteiger partial charge in [-0.05, 0) is 30.3 Å². The lowest BCUT2D eigenvalue weighted by Crippen LogP contribution is -2.60. The largest absolute Gasteiger partial charge is 0.491 e. The lowest BCUT2D eigenvalue weighted by Gasteiger charge is -2.38. The number of halogens is 3. The third kappa shape index (κ3) is 5.84. The van der Waals surface area contributed by atoms with Gasteiger partial charge in [0.1, 0.15) is 30.7 Å². The summed E-state index contributed by atoms with van der Waals surface area (Å²) < 4.78 is 48.0. The van der Waals surface area contributed by atoms with E-state index in [2.05, 4.69) is 5.32 Å². The number of aliphatic carboxylic acids is 1. The number of carboxylic acid groups (broad SMARTS) is 1. The molecule has 0 aromatic heterocycles. The van der Waals surface area contributed by atoms with Gasteiger partial charge in [-0.2, -0.15) is 13.2 Å². The number of carbonyl (C=O) groups is 2. The van der Waals surface area contributed by atoms with Crippen molar-refractivity contribution >= 4 is 11.9 Å². The number of rotatable bonds is 7. The Hall–Kier alpha value is -2.83. The molecular weight excluding hydrogens is 415 g/mol. The van der Waals surface area contributed by atoms with E-state index in [9.17, 15) is 38.1 Å².